The van der Waals surface area contributed by atoms with Crippen LogP contribution in [-0.2, 0) is 11.3 Å². The first-order chi connectivity index (χ1) is 13.5. The van der Waals surface area contributed by atoms with Gasteiger partial charge >= 0.3 is 5.97 Å². The van der Waals surface area contributed by atoms with Gasteiger partial charge in [0.1, 0.15) is 29.8 Å². The van der Waals surface area contributed by atoms with Crippen LogP contribution in [0.3, 0.4) is 0 Å². The van der Waals surface area contributed by atoms with E-state index in [0.29, 0.717) is 22.6 Å². The van der Waals surface area contributed by atoms with Crippen LogP contribution in [0.25, 0.3) is 11.3 Å². The van der Waals surface area contributed by atoms with Gasteiger partial charge in [0.05, 0.1) is 18.4 Å². The van der Waals surface area contributed by atoms with Crippen molar-refractivity contribution in [3.63, 3.8) is 0 Å². The molecule has 1 heterocycles. The van der Waals surface area contributed by atoms with Crippen molar-refractivity contribution in [2.24, 2.45) is 0 Å². The van der Waals surface area contributed by atoms with Crippen LogP contribution in [0.5, 0.6) is 5.75 Å². The van der Waals surface area contributed by atoms with E-state index in [1.165, 1.54) is 7.11 Å². The van der Waals surface area contributed by atoms with Crippen LogP contribution >= 0.6 is 0 Å². The van der Waals surface area contributed by atoms with Gasteiger partial charge in [-0.1, -0.05) is 12.1 Å². The molecule has 0 saturated heterocycles. The van der Waals surface area contributed by atoms with Gasteiger partial charge in [-0.15, -0.1) is 0 Å². The van der Waals surface area contributed by atoms with E-state index in [1.54, 1.807) is 42.5 Å². The Morgan fingerprint density at radius 2 is 1.89 bits per heavy atom. The van der Waals surface area contributed by atoms with E-state index in [1.807, 2.05) is 12.1 Å². The van der Waals surface area contributed by atoms with Crippen molar-refractivity contribution in [1.29, 1.82) is 5.26 Å². The largest absolute Gasteiger partial charge is 0.489 e. The van der Waals surface area contributed by atoms with Gasteiger partial charge < -0.3 is 20.9 Å². The Hall–Kier alpha value is -4.12. The highest BCUT2D eigenvalue weighted by Gasteiger charge is 2.13. The van der Waals surface area contributed by atoms with Gasteiger partial charge in [0.25, 0.3) is 0 Å². The molecule has 3 aromatic rings. The molecular formula is C20H17N5O3. The Morgan fingerprint density at radius 1 is 1.14 bits per heavy atom. The van der Waals surface area contributed by atoms with Crippen molar-refractivity contribution >= 4 is 17.7 Å². The van der Waals surface area contributed by atoms with Crippen molar-refractivity contribution in [2.45, 2.75) is 6.61 Å². The highest BCUT2D eigenvalue weighted by Crippen LogP contribution is 2.27. The molecule has 4 N–H and O–H groups in total. The van der Waals surface area contributed by atoms with Crippen molar-refractivity contribution in [3.05, 3.63) is 65.2 Å². The smallest absolute Gasteiger partial charge is 0.337 e. The first kappa shape index (κ1) is 18.7. The Balaban J connectivity index is 1.76. The van der Waals surface area contributed by atoms with Crippen molar-refractivity contribution in [3.8, 4) is 23.1 Å². The summed E-state index contributed by atoms with van der Waals surface area (Å²) in [4.78, 5) is 19.5. The van der Waals surface area contributed by atoms with Crippen LogP contribution < -0.4 is 16.2 Å². The summed E-state index contributed by atoms with van der Waals surface area (Å²) in [7, 11) is 1.34. The van der Waals surface area contributed by atoms with Gasteiger partial charge in [-0.05, 0) is 42.0 Å². The number of rotatable bonds is 5. The van der Waals surface area contributed by atoms with E-state index in [2.05, 4.69) is 9.97 Å². The Morgan fingerprint density at radius 3 is 2.57 bits per heavy atom. The maximum atomic E-state index is 11.6. The summed E-state index contributed by atoms with van der Waals surface area (Å²) in [6, 6.07) is 16.0. The van der Waals surface area contributed by atoms with Crippen LogP contribution in [0.2, 0.25) is 0 Å². The number of carbonyl (C=O) groups excluding carboxylic acids is 1. The molecule has 0 fully saturated rings. The van der Waals surface area contributed by atoms with Crippen LogP contribution in [0.15, 0.2) is 48.5 Å². The number of hydrogen-bond donors (Lipinski definition) is 2. The first-order valence-electron chi connectivity index (χ1n) is 8.25. The number of nitriles is 1. The fraction of sp³-hybridized carbons (Fsp3) is 0.100. The van der Waals surface area contributed by atoms with Gasteiger partial charge in [-0.3, -0.25) is 0 Å². The predicted octanol–water partition coefficient (Wildman–Crippen LogP) is 2.55. The number of carbonyl (C=O) groups is 1. The number of hydrogen-bond acceptors (Lipinski definition) is 8. The zero-order valence-electron chi connectivity index (χ0n) is 15.0. The van der Waals surface area contributed by atoms with Gasteiger partial charge in [0.2, 0.25) is 5.95 Å². The molecule has 0 aliphatic heterocycles. The number of nitrogens with zero attached hydrogens (tertiary/aromatic N) is 3. The minimum absolute atomic E-state index is 0.00249. The third-order valence-corrected chi connectivity index (χ3v) is 3.95. The second-order valence-electron chi connectivity index (χ2n) is 5.81. The molecule has 0 bridgehead atoms. The van der Waals surface area contributed by atoms with E-state index < -0.39 is 5.97 Å². The van der Waals surface area contributed by atoms with Crippen LogP contribution in [-0.4, -0.2) is 23.0 Å². The SMILES string of the molecule is COC(=O)c1cccc(COc2ccc(-c3nc(N)nc(N)c3C#N)cc2)c1. The van der Waals surface area contributed by atoms with Gasteiger partial charge in [-0.25, -0.2) is 9.78 Å². The molecule has 8 heteroatoms. The predicted molar refractivity (Wildman–Crippen MR) is 103 cm³/mol. The Kier molecular flexibility index (Phi) is 5.37. The molecule has 3 rings (SSSR count). The van der Waals surface area contributed by atoms with Gasteiger partial charge in [-0.2, -0.15) is 10.2 Å². The van der Waals surface area contributed by atoms with E-state index in [4.69, 9.17) is 20.9 Å². The Bertz CT molecular complexity index is 1060. The van der Waals surface area contributed by atoms with E-state index in [9.17, 15) is 10.1 Å². The summed E-state index contributed by atoms with van der Waals surface area (Å²) in [6.45, 7) is 0.279. The maximum Gasteiger partial charge on any atom is 0.337 e. The topological polar surface area (TPSA) is 137 Å². The van der Waals surface area contributed by atoms with Gasteiger partial charge in [0.15, 0.2) is 0 Å². The van der Waals surface area contributed by atoms with Crippen molar-refractivity contribution in [2.75, 3.05) is 18.6 Å². The first-order valence-corrected chi connectivity index (χ1v) is 8.25. The minimum Gasteiger partial charge on any atom is -0.489 e. The summed E-state index contributed by atoms with van der Waals surface area (Å²) in [5.41, 5.74) is 13.9. The fourth-order valence-electron chi connectivity index (χ4n) is 2.60. The molecule has 0 unspecified atom stereocenters. The number of nitrogens with two attached hydrogens (primary N) is 2. The Labute approximate surface area is 161 Å². The van der Waals surface area contributed by atoms with Crippen LogP contribution in [0.1, 0.15) is 21.5 Å². The number of esters is 1. The number of nitrogen functional groups attached to an aromatic ring is 2. The third-order valence-electron chi connectivity index (χ3n) is 3.95. The average molecular weight is 375 g/mol. The van der Waals surface area contributed by atoms with Gasteiger partial charge in [0, 0.05) is 5.56 Å². The number of aromatic nitrogens is 2. The normalized spacial score (nSPS) is 10.1. The maximum absolute atomic E-state index is 11.6. The minimum atomic E-state index is -0.400. The summed E-state index contributed by atoms with van der Waals surface area (Å²) < 4.78 is 10.5. The molecular weight excluding hydrogens is 358 g/mol. The lowest BCUT2D eigenvalue weighted by Gasteiger charge is -2.10. The third kappa shape index (κ3) is 3.99. The quantitative estimate of drug-likeness (QED) is 0.649. The molecule has 0 atom stereocenters. The van der Waals surface area contributed by atoms with Crippen molar-refractivity contribution < 1.29 is 14.3 Å². The lowest BCUT2D eigenvalue weighted by molar-refractivity contribution is 0.0600. The van der Waals surface area contributed by atoms with Crippen LogP contribution in [0, 0.1) is 11.3 Å². The highest BCUT2D eigenvalue weighted by molar-refractivity contribution is 5.89. The standard InChI is InChI=1S/C20H17N5O3/c1-27-19(26)14-4-2-3-12(9-14)11-28-15-7-5-13(6-8-15)17-16(10-21)18(22)25-20(23)24-17/h2-9H,11H2,1H3,(H4,22,23,24,25). The number of methoxy groups -OCH3 is 1. The summed E-state index contributed by atoms with van der Waals surface area (Å²) in [6.07, 6.45) is 0. The molecule has 0 aliphatic carbocycles. The molecule has 1 aromatic heterocycles. The zero-order chi connectivity index (χ0) is 20.1. The number of ether oxygens (including phenoxy) is 2. The molecule has 0 aliphatic rings. The molecule has 0 amide bonds. The zero-order valence-corrected chi connectivity index (χ0v) is 15.0. The number of benzene rings is 2. The summed E-state index contributed by atoms with van der Waals surface area (Å²) in [5.74, 6) is 0.247. The highest BCUT2D eigenvalue weighted by atomic mass is 16.5. The molecule has 0 spiro atoms. The second-order valence-corrected chi connectivity index (χ2v) is 5.81. The monoisotopic (exact) mass is 375 g/mol. The van der Waals surface area contributed by atoms with E-state index >= 15 is 0 Å². The summed E-state index contributed by atoms with van der Waals surface area (Å²) in [5, 5.41) is 9.29. The van der Waals surface area contributed by atoms with E-state index in [0.717, 1.165) is 5.56 Å². The molecule has 28 heavy (non-hydrogen) atoms. The molecule has 2 aromatic carbocycles. The molecule has 0 saturated carbocycles. The average Bonchev–Trinajstić information content (AvgIpc) is 2.71. The molecule has 140 valence electrons. The summed E-state index contributed by atoms with van der Waals surface area (Å²) >= 11 is 0. The van der Waals surface area contributed by atoms with Crippen LogP contribution in [0.4, 0.5) is 11.8 Å². The lowest BCUT2D eigenvalue weighted by atomic mass is 10.1. The van der Waals surface area contributed by atoms with Crippen molar-refractivity contribution in [1.82, 2.24) is 9.97 Å². The number of anilines is 2. The molecule has 0 radical (unpaired) electrons. The fourth-order valence-corrected chi connectivity index (χ4v) is 2.60. The lowest BCUT2D eigenvalue weighted by Crippen LogP contribution is -2.05. The van der Waals surface area contributed by atoms with E-state index in [-0.39, 0.29) is 23.9 Å². The molecule has 8 nitrogen and oxygen atoms in total. The second kappa shape index (κ2) is 8.05.